The lowest BCUT2D eigenvalue weighted by Gasteiger charge is -2.34. The highest BCUT2D eigenvalue weighted by Gasteiger charge is 2.26. The van der Waals surface area contributed by atoms with Crippen LogP contribution in [0.1, 0.15) is 34.6 Å². The van der Waals surface area contributed by atoms with Gasteiger partial charge in [0, 0.05) is 13.1 Å². The van der Waals surface area contributed by atoms with Crippen LogP contribution in [0.4, 0.5) is 4.79 Å². The van der Waals surface area contributed by atoms with Gasteiger partial charge < -0.3 is 11.1 Å². The second-order valence-electron chi connectivity index (χ2n) is 5.46. The molecule has 0 radical (unpaired) electrons. The van der Waals surface area contributed by atoms with Crippen LogP contribution in [0.5, 0.6) is 0 Å². The van der Waals surface area contributed by atoms with Gasteiger partial charge in [0.2, 0.25) is 5.91 Å². The van der Waals surface area contributed by atoms with Crippen molar-refractivity contribution in [2.45, 2.75) is 40.7 Å². The van der Waals surface area contributed by atoms with Gasteiger partial charge in [0.15, 0.2) is 0 Å². The summed E-state index contributed by atoms with van der Waals surface area (Å²) in [6.07, 6.45) is 0. The van der Waals surface area contributed by atoms with Gasteiger partial charge in [-0.3, -0.25) is 15.0 Å². The van der Waals surface area contributed by atoms with Crippen molar-refractivity contribution >= 4 is 11.9 Å². The Morgan fingerprint density at radius 1 is 1.32 bits per heavy atom. The first-order chi connectivity index (χ1) is 8.77. The van der Waals surface area contributed by atoms with E-state index in [1.807, 2.05) is 11.8 Å². The molecule has 4 N–H and O–H groups in total. The van der Waals surface area contributed by atoms with Crippen LogP contribution in [0.3, 0.4) is 0 Å². The molecule has 0 spiro atoms. The number of carbonyl (C=O) groups is 2. The number of imide groups is 1. The summed E-state index contributed by atoms with van der Waals surface area (Å²) in [6.45, 7) is 12.2. The van der Waals surface area contributed by atoms with Crippen molar-refractivity contribution in [2.75, 3.05) is 26.2 Å². The predicted octanol–water partition coefficient (Wildman–Crippen LogP) is 0.527. The van der Waals surface area contributed by atoms with E-state index in [1.54, 1.807) is 13.8 Å². The minimum atomic E-state index is -0.450. The van der Waals surface area contributed by atoms with Crippen LogP contribution in [0.2, 0.25) is 0 Å². The van der Waals surface area contributed by atoms with E-state index in [0.717, 1.165) is 6.54 Å². The van der Waals surface area contributed by atoms with Gasteiger partial charge in [-0.1, -0.05) is 20.8 Å². The molecule has 112 valence electrons. The number of hydrogen-bond donors (Lipinski definition) is 3. The molecule has 0 aromatic carbocycles. The molecule has 0 aliphatic heterocycles. The van der Waals surface area contributed by atoms with Gasteiger partial charge in [-0.15, -0.1) is 0 Å². The first-order valence-electron chi connectivity index (χ1n) is 6.80. The highest BCUT2D eigenvalue weighted by Crippen LogP contribution is 2.16. The molecule has 0 aromatic rings. The molecule has 0 saturated carbocycles. The van der Waals surface area contributed by atoms with Crippen LogP contribution in [-0.2, 0) is 4.79 Å². The van der Waals surface area contributed by atoms with E-state index in [4.69, 9.17) is 5.73 Å². The number of rotatable bonds is 7. The van der Waals surface area contributed by atoms with Gasteiger partial charge >= 0.3 is 6.03 Å². The Labute approximate surface area is 116 Å². The lowest BCUT2D eigenvalue weighted by molar-refractivity contribution is -0.125. The Balaban J connectivity index is 4.53. The molecule has 0 heterocycles. The van der Waals surface area contributed by atoms with Gasteiger partial charge in [0.05, 0.1) is 6.04 Å². The standard InChI is InChI=1S/C13H28N4O2/c1-6-15-12(19)16-11(18)10(3)17(7-2)9-13(4,5)8-14/h10H,6-9,14H2,1-5H3,(H2,15,16,18,19). The molecule has 1 atom stereocenters. The first-order valence-corrected chi connectivity index (χ1v) is 6.80. The molecule has 0 rings (SSSR count). The van der Waals surface area contributed by atoms with Crippen molar-refractivity contribution in [2.24, 2.45) is 11.1 Å². The zero-order valence-corrected chi connectivity index (χ0v) is 12.7. The van der Waals surface area contributed by atoms with Crippen LogP contribution in [-0.4, -0.2) is 49.1 Å². The fraction of sp³-hybridized carbons (Fsp3) is 0.846. The molecule has 1 unspecified atom stereocenters. The van der Waals surface area contributed by atoms with E-state index >= 15 is 0 Å². The van der Waals surface area contributed by atoms with Gasteiger partial charge in [-0.25, -0.2) is 4.79 Å². The number of carbonyl (C=O) groups excluding carboxylic acids is 2. The molecule has 19 heavy (non-hydrogen) atoms. The van der Waals surface area contributed by atoms with Crippen molar-refractivity contribution in [1.82, 2.24) is 15.5 Å². The second kappa shape index (κ2) is 8.12. The van der Waals surface area contributed by atoms with Crippen LogP contribution >= 0.6 is 0 Å². The maximum Gasteiger partial charge on any atom is 0.321 e. The number of urea groups is 1. The van der Waals surface area contributed by atoms with E-state index in [1.165, 1.54) is 0 Å². The molecule has 0 saturated heterocycles. The van der Waals surface area contributed by atoms with Crippen molar-refractivity contribution < 1.29 is 9.59 Å². The van der Waals surface area contributed by atoms with E-state index in [0.29, 0.717) is 19.6 Å². The van der Waals surface area contributed by atoms with E-state index in [2.05, 4.69) is 24.5 Å². The highest BCUT2D eigenvalue weighted by atomic mass is 16.2. The smallest absolute Gasteiger partial charge is 0.321 e. The molecule has 6 heteroatoms. The summed E-state index contributed by atoms with van der Waals surface area (Å²) in [7, 11) is 0. The van der Waals surface area contributed by atoms with Gasteiger partial charge in [0.1, 0.15) is 0 Å². The Hall–Kier alpha value is -1.14. The lowest BCUT2D eigenvalue weighted by Crippen LogP contribution is -2.52. The summed E-state index contributed by atoms with van der Waals surface area (Å²) in [5.74, 6) is -0.291. The van der Waals surface area contributed by atoms with Crippen molar-refractivity contribution in [3.05, 3.63) is 0 Å². The van der Waals surface area contributed by atoms with Crippen LogP contribution in [0.25, 0.3) is 0 Å². The number of amides is 3. The summed E-state index contributed by atoms with van der Waals surface area (Å²) in [4.78, 5) is 25.3. The predicted molar refractivity (Wildman–Crippen MR) is 76.8 cm³/mol. The minimum Gasteiger partial charge on any atom is -0.338 e. The highest BCUT2D eigenvalue weighted by molar-refractivity contribution is 5.96. The number of likely N-dealkylation sites (N-methyl/N-ethyl adjacent to an activating group) is 1. The van der Waals surface area contributed by atoms with Crippen LogP contribution in [0, 0.1) is 5.41 Å². The van der Waals surface area contributed by atoms with Gasteiger partial charge in [-0.2, -0.15) is 0 Å². The third-order valence-electron chi connectivity index (χ3n) is 3.09. The Morgan fingerprint density at radius 3 is 2.32 bits per heavy atom. The molecule has 0 bridgehead atoms. The molecule has 0 fully saturated rings. The van der Waals surface area contributed by atoms with Crippen molar-refractivity contribution in [3.63, 3.8) is 0 Å². The van der Waals surface area contributed by atoms with Gasteiger partial charge in [0.25, 0.3) is 0 Å². The number of nitrogens with two attached hydrogens (primary N) is 1. The molecule has 0 aromatic heterocycles. The summed E-state index contributed by atoms with van der Waals surface area (Å²) < 4.78 is 0. The Morgan fingerprint density at radius 2 is 1.89 bits per heavy atom. The quantitative estimate of drug-likeness (QED) is 0.631. The zero-order chi connectivity index (χ0) is 15.1. The Bertz CT molecular complexity index is 305. The van der Waals surface area contributed by atoms with E-state index in [9.17, 15) is 9.59 Å². The van der Waals surface area contributed by atoms with E-state index < -0.39 is 6.03 Å². The van der Waals surface area contributed by atoms with Gasteiger partial charge in [-0.05, 0) is 32.4 Å². The van der Waals surface area contributed by atoms with E-state index in [-0.39, 0.29) is 17.4 Å². The fourth-order valence-electron chi connectivity index (χ4n) is 1.72. The largest absolute Gasteiger partial charge is 0.338 e. The number of hydrogen-bond acceptors (Lipinski definition) is 4. The third kappa shape index (κ3) is 6.54. The van der Waals surface area contributed by atoms with Crippen LogP contribution in [0.15, 0.2) is 0 Å². The summed E-state index contributed by atoms with van der Waals surface area (Å²) in [6, 6.07) is -0.813. The summed E-state index contributed by atoms with van der Waals surface area (Å²) >= 11 is 0. The molecule has 0 aliphatic carbocycles. The second-order valence-corrected chi connectivity index (χ2v) is 5.46. The molecule has 0 aliphatic rings. The zero-order valence-electron chi connectivity index (χ0n) is 12.7. The monoisotopic (exact) mass is 272 g/mol. The van der Waals surface area contributed by atoms with Crippen LogP contribution < -0.4 is 16.4 Å². The summed E-state index contributed by atoms with van der Waals surface area (Å²) in [5, 5.41) is 4.88. The normalized spacial score (nSPS) is 13.2. The topological polar surface area (TPSA) is 87.5 Å². The lowest BCUT2D eigenvalue weighted by atomic mass is 9.92. The summed E-state index contributed by atoms with van der Waals surface area (Å²) in [5.41, 5.74) is 5.66. The number of nitrogens with one attached hydrogen (secondary N) is 2. The van der Waals surface area contributed by atoms with Crippen molar-refractivity contribution in [1.29, 1.82) is 0 Å². The maximum absolute atomic E-state index is 12.0. The molecular formula is C13H28N4O2. The first kappa shape index (κ1) is 17.9. The van der Waals surface area contributed by atoms with Crippen molar-refractivity contribution in [3.8, 4) is 0 Å². The maximum atomic E-state index is 12.0. The third-order valence-corrected chi connectivity index (χ3v) is 3.09. The molecule has 3 amide bonds. The minimum absolute atomic E-state index is 0.0593. The number of nitrogens with zero attached hydrogens (tertiary/aromatic N) is 1. The molecule has 6 nitrogen and oxygen atoms in total. The average Bonchev–Trinajstić information content (AvgIpc) is 2.35. The average molecular weight is 272 g/mol. The Kier molecular flexibility index (Phi) is 7.63. The SMILES string of the molecule is CCNC(=O)NC(=O)C(C)N(CC)CC(C)(C)CN. The fourth-order valence-corrected chi connectivity index (χ4v) is 1.72. The molecular weight excluding hydrogens is 244 g/mol.